The molecule has 0 bridgehead atoms. The Kier molecular flexibility index (Phi) is 13.3. The van der Waals surface area contributed by atoms with Crippen LogP contribution in [0.4, 0.5) is 0 Å². The number of hydrogen-bond acceptors (Lipinski definition) is 4. The summed E-state index contributed by atoms with van der Waals surface area (Å²) in [5.74, 6) is -1.03. The summed E-state index contributed by atoms with van der Waals surface area (Å²) in [6.45, 7) is 3.70. The predicted molar refractivity (Wildman–Crippen MR) is 95.6 cm³/mol. The molecule has 2 atom stereocenters. The third-order valence-electron chi connectivity index (χ3n) is 4.22. The molecule has 142 valence electrons. The Morgan fingerprint density at radius 2 is 1.71 bits per heavy atom. The minimum atomic E-state index is -0.983. The molecule has 0 aromatic carbocycles. The fourth-order valence-electron chi connectivity index (χ4n) is 2.64. The summed E-state index contributed by atoms with van der Waals surface area (Å²) < 4.78 is 4.97. The second-order valence-electron chi connectivity index (χ2n) is 6.47. The highest BCUT2D eigenvalue weighted by Gasteiger charge is 2.31. The molecule has 0 aromatic rings. The molecule has 2 N–H and O–H groups in total. The summed E-state index contributed by atoms with van der Waals surface area (Å²) in [7, 11) is 0. The van der Waals surface area contributed by atoms with Gasteiger partial charge in [-0.25, -0.2) is 4.79 Å². The number of carbonyl (C=O) groups excluding carboxylic acids is 1. The summed E-state index contributed by atoms with van der Waals surface area (Å²) in [4.78, 5) is 21.3. The van der Waals surface area contributed by atoms with Crippen LogP contribution in [0.2, 0.25) is 0 Å². The van der Waals surface area contributed by atoms with Crippen LogP contribution in [0, 0.1) is 0 Å². The lowest BCUT2D eigenvalue weighted by Gasteiger charge is -2.24. The molecule has 0 radical (unpaired) electrons. The van der Waals surface area contributed by atoms with E-state index in [1.807, 2.05) is 0 Å². The van der Waals surface area contributed by atoms with Gasteiger partial charge in [-0.05, 0) is 51.9 Å². The van der Waals surface area contributed by atoms with E-state index in [2.05, 4.69) is 6.92 Å². The number of carboxylic acids is 1. The number of ketones is 1. The predicted octanol–water partition coefficient (Wildman–Crippen LogP) is 3.94. The fraction of sp³-hybridized carbons (Fsp3) is 0.889. The van der Waals surface area contributed by atoms with Crippen molar-refractivity contribution in [1.82, 2.24) is 0 Å². The van der Waals surface area contributed by atoms with Crippen LogP contribution in [0.15, 0.2) is 0 Å². The number of aliphatic carboxylic acids is 1. The van der Waals surface area contributed by atoms with E-state index in [1.54, 1.807) is 0 Å². The molecule has 5 nitrogen and oxygen atoms in total. The molecule has 0 saturated carbocycles. The van der Waals surface area contributed by atoms with Crippen molar-refractivity contribution >= 4 is 23.4 Å². The Hall–Kier alpha value is -0.650. The second-order valence-corrected chi connectivity index (χ2v) is 7.19. The number of aliphatic hydroxyl groups excluding tert-OH is 1. The molecule has 0 rings (SSSR count). The third kappa shape index (κ3) is 11.8. The molecule has 0 aliphatic carbocycles. The zero-order valence-corrected chi connectivity index (χ0v) is 15.8. The SMILES string of the molecule is CCCCCC(O)CCCC(Cl)(CCCCOCC(=O)O)C(C)=O. The van der Waals surface area contributed by atoms with E-state index in [1.165, 1.54) is 6.92 Å². The van der Waals surface area contributed by atoms with Crippen molar-refractivity contribution in [2.75, 3.05) is 13.2 Å². The molecule has 0 spiro atoms. The lowest BCUT2D eigenvalue weighted by Crippen LogP contribution is -2.31. The first kappa shape index (κ1) is 23.4. The first-order valence-corrected chi connectivity index (χ1v) is 9.37. The quantitative estimate of drug-likeness (QED) is 0.320. The van der Waals surface area contributed by atoms with E-state index in [-0.39, 0.29) is 18.5 Å². The van der Waals surface area contributed by atoms with E-state index in [9.17, 15) is 14.7 Å². The van der Waals surface area contributed by atoms with Crippen LogP contribution >= 0.6 is 11.6 Å². The van der Waals surface area contributed by atoms with Gasteiger partial charge in [-0.1, -0.05) is 26.2 Å². The van der Waals surface area contributed by atoms with Crippen molar-refractivity contribution in [1.29, 1.82) is 0 Å². The van der Waals surface area contributed by atoms with Crippen molar-refractivity contribution in [2.24, 2.45) is 0 Å². The molecule has 24 heavy (non-hydrogen) atoms. The summed E-state index contributed by atoms with van der Waals surface area (Å²) in [5, 5.41) is 18.4. The van der Waals surface area contributed by atoms with E-state index in [0.717, 1.165) is 32.1 Å². The molecule has 0 heterocycles. The third-order valence-corrected chi connectivity index (χ3v) is 4.86. The van der Waals surface area contributed by atoms with Gasteiger partial charge in [-0.2, -0.15) is 0 Å². The minimum Gasteiger partial charge on any atom is -0.480 e. The monoisotopic (exact) mass is 364 g/mol. The van der Waals surface area contributed by atoms with Crippen LogP contribution in [0.3, 0.4) is 0 Å². The lowest BCUT2D eigenvalue weighted by atomic mass is 9.90. The second kappa shape index (κ2) is 13.6. The number of hydrogen-bond donors (Lipinski definition) is 2. The van der Waals surface area contributed by atoms with Crippen LogP contribution in [0.1, 0.15) is 78.1 Å². The Morgan fingerprint density at radius 1 is 1.08 bits per heavy atom. The van der Waals surface area contributed by atoms with Crippen LogP contribution < -0.4 is 0 Å². The molecule has 0 aromatic heterocycles. The first-order valence-electron chi connectivity index (χ1n) is 8.99. The Bertz CT molecular complexity index is 361. The van der Waals surface area contributed by atoms with Crippen molar-refractivity contribution < 1.29 is 24.5 Å². The smallest absolute Gasteiger partial charge is 0.329 e. The molecule has 0 amide bonds. The van der Waals surface area contributed by atoms with Crippen molar-refractivity contribution in [3.05, 3.63) is 0 Å². The average Bonchev–Trinajstić information content (AvgIpc) is 2.50. The summed E-state index contributed by atoms with van der Waals surface area (Å²) in [6, 6.07) is 0. The van der Waals surface area contributed by atoms with Gasteiger partial charge in [0.2, 0.25) is 0 Å². The molecular weight excluding hydrogens is 332 g/mol. The van der Waals surface area contributed by atoms with Crippen LogP contribution in [0.5, 0.6) is 0 Å². The zero-order chi connectivity index (χ0) is 18.4. The van der Waals surface area contributed by atoms with E-state index in [4.69, 9.17) is 21.4 Å². The number of Topliss-reactive ketones (excluding diaryl/α,β-unsaturated/α-hetero) is 1. The van der Waals surface area contributed by atoms with Gasteiger partial charge in [-0.15, -0.1) is 11.6 Å². The number of rotatable bonds is 16. The summed E-state index contributed by atoms with van der Waals surface area (Å²) in [6.07, 6.45) is 7.70. The zero-order valence-electron chi connectivity index (χ0n) is 15.1. The molecule has 6 heteroatoms. The highest BCUT2D eigenvalue weighted by molar-refractivity contribution is 6.34. The van der Waals surface area contributed by atoms with Gasteiger partial charge in [-0.3, -0.25) is 4.79 Å². The van der Waals surface area contributed by atoms with Crippen molar-refractivity contribution in [2.45, 2.75) is 89.0 Å². The Morgan fingerprint density at radius 3 is 2.29 bits per heavy atom. The Balaban J connectivity index is 3.99. The topological polar surface area (TPSA) is 83.8 Å². The normalized spacial score (nSPS) is 15.0. The number of aliphatic hydroxyl groups is 1. The number of ether oxygens (including phenoxy) is 1. The molecule has 0 fully saturated rings. The Labute approximate surface area is 150 Å². The van der Waals surface area contributed by atoms with Crippen LogP contribution in [-0.4, -0.2) is 46.2 Å². The molecular formula is C18H33ClO5. The van der Waals surface area contributed by atoms with Crippen molar-refractivity contribution in [3.63, 3.8) is 0 Å². The minimum absolute atomic E-state index is 0.0453. The largest absolute Gasteiger partial charge is 0.480 e. The highest BCUT2D eigenvalue weighted by Crippen LogP contribution is 2.30. The fourth-order valence-corrected chi connectivity index (χ4v) is 2.91. The van der Waals surface area contributed by atoms with Gasteiger partial charge in [0.15, 0.2) is 5.78 Å². The number of alkyl halides is 1. The average molecular weight is 365 g/mol. The van der Waals surface area contributed by atoms with Crippen LogP contribution in [-0.2, 0) is 14.3 Å². The number of unbranched alkanes of at least 4 members (excludes halogenated alkanes) is 3. The van der Waals surface area contributed by atoms with Gasteiger partial charge >= 0.3 is 5.97 Å². The first-order chi connectivity index (χ1) is 11.3. The van der Waals surface area contributed by atoms with E-state index < -0.39 is 10.8 Å². The maximum atomic E-state index is 11.9. The standard InChI is InChI=1S/C18H33ClO5/c1-3-4-5-9-16(21)10-8-12-18(19,15(2)20)11-6-7-13-24-14-17(22)23/h16,21H,3-14H2,1-2H3,(H,22,23). The number of carboxylic acid groups (broad SMARTS) is 1. The maximum absolute atomic E-state index is 11.9. The number of halogens is 1. The highest BCUT2D eigenvalue weighted by atomic mass is 35.5. The van der Waals surface area contributed by atoms with Crippen molar-refractivity contribution in [3.8, 4) is 0 Å². The lowest BCUT2D eigenvalue weighted by molar-refractivity contribution is -0.142. The van der Waals surface area contributed by atoms with Gasteiger partial charge in [0.1, 0.15) is 11.5 Å². The van der Waals surface area contributed by atoms with Gasteiger partial charge < -0.3 is 14.9 Å². The van der Waals surface area contributed by atoms with E-state index in [0.29, 0.717) is 38.7 Å². The van der Waals surface area contributed by atoms with Gasteiger partial charge in [0, 0.05) is 6.61 Å². The number of carbonyl (C=O) groups is 2. The molecule has 0 aliphatic rings. The molecule has 2 unspecified atom stereocenters. The molecule has 0 aliphatic heterocycles. The molecule has 0 saturated heterocycles. The summed E-state index contributed by atoms with van der Waals surface area (Å²) >= 11 is 6.48. The maximum Gasteiger partial charge on any atom is 0.329 e. The van der Waals surface area contributed by atoms with Crippen LogP contribution in [0.25, 0.3) is 0 Å². The van der Waals surface area contributed by atoms with E-state index >= 15 is 0 Å². The van der Waals surface area contributed by atoms with Gasteiger partial charge in [0.05, 0.1) is 6.10 Å². The van der Waals surface area contributed by atoms with Gasteiger partial charge in [0.25, 0.3) is 0 Å². The summed E-state index contributed by atoms with van der Waals surface area (Å²) in [5.41, 5.74) is 0.